The number of alkyl halides is 3. The molecule has 0 spiro atoms. The lowest BCUT2D eigenvalue weighted by atomic mass is 10.1. The molecule has 1 N–H and O–H groups in total. The lowest BCUT2D eigenvalue weighted by Crippen LogP contribution is -2.32. The predicted molar refractivity (Wildman–Crippen MR) is 90.1 cm³/mol. The number of hydrogen-bond acceptors (Lipinski definition) is 3. The molecule has 8 heteroatoms. The first-order valence-electron chi connectivity index (χ1n) is 7.89. The predicted octanol–water partition coefficient (Wildman–Crippen LogP) is 2.54. The van der Waals surface area contributed by atoms with Gasteiger partial charge in [0.1, 0.15) is 5.75 Å². The quantitative estimate of drug-likeness (QED) is 0.853. The molecule has 0 aliphatic carbocycles. The van der Waals surface area contributed by atoms with Crippen molar-refractivity contribution in [3.05, 3.63) is 63.6 Å². The van der Waals surface area contributed by atoms with Gasteiger partial charge < -0.3 is 14.6 Å². The molecule has 2 rings (SSSR count). The third-order valence-electron chi connectivity index (χ3n) is 3.82. The molecule has 0 fully saturated rings. The summed E-state index contributed by atoms with van der Waals surface area (Å²) in [7, 11) is 1.46. The maximum absolute atomic E-state index is 12.7. The van der Waals surface area contributed by atoms with Gasteiger partial charge in [-0.15, -0.1) is 0 Å². The molecular formula is C18H19F3N2O3. The fourth-order valence-corrected chi connectivity index (χ4v) is 2.52. The number of aromatic nitrogens is 1. The number of nitrogens with one attached hydrogen (secondary N) is 1. The zero-order valence-electron chi connectivity index (χ0n) is 14.4. The Kier molecular flexibility index (Phi) is 6.07. The van der Waals surface area contributed by atoms with Crippen LogP contribution in [0.25, 0.3) is 0 Å². The summed E-state index contributed by atoms with van der Waals surface area (Å²) >= 11 is 0. The molecule has 0 aliphatic rings. The SMILES string of the molecule is COc1cc(C)n(CCNC(=O)Cc2cccc(C(F)(F)F)c2)c(=O)c1. The zero-order chi connectivity index (χ0) is 19.3. The van der Waals surface area contributed by atoms with Crippen molar-refractivity contribution in [1.82, 2.24) is 9.88 Å². The van der Waals surface area contributed by atoms with Gasteiger partial charge in [-0.25, -0.2) is 0 Å². The van der Waals surface area contributed by atoms with Crippen LogP contribution >= 0.6 is 0 Å². The second kappa shape index (κ2) is 8.07. The second-order valence-corrected chi connectivity index (χ2v) is 5.75. The van der Waals surface area contributed by atoms with Crippen LogP contribution in [0.5, 0.6) is 5.75 Å². The van der Waals surface area contributed by atoms with E-state index in [1.54, 1.807) is 13.0 Å². The molecule has 0 saturated carbocycles. The second-order valence-electron chi connectivity index (χ2n) is 5.75. The summed E-state index contributed by atoms with van der Waals surface area (Å²) < 4.78 is 44.5. The number of carbonyl (C=O) groups is 1. The van der Waals surface area contributed by atoms with Gasteiger partial charge in [-0.05, 0) is 24.6 Å². The van der Waals surface area contributed by atoms with Crippen molar-refractivity contribution in [2.75, 3.05) is 13.7 Å². The van der Waals surface area contributed by atoms with E-state index in [9.17, 15) is 22.8 Å². The molecule has 1 amide bonds. The van der Waals surface area contributed by atoms with Crippen molar-refractivity contribution in [3.8, 4) is 5.75 Å². The van der Waals surface area contributed by atoms with Crippen LogP contribution in [-0.4, -0.2) is 24.1 Å². The highest BCUT2D eigenvalue weighted by Crippen LogP contribution is 2.29. The van der Waals surface area contributed by atoms with Crippen molar-refractivity contribution in [1.29, 1.82) is 0 Å². The number of aryl methyl sites for hydroxylation is 1. The molecule has 0 aliphatic heterocycles. The average molecular weight is 368 g/mol. The van der Waals surface area contributed by atoms with Crippen molar-refractivity contribution < 1.29 is 22.7 Å². The molecule has 1 aromatic heterocycles. The Labute approximate surface area is 148 Å². The number of pyridine rings is 1. The molecule has 0 bridgehead atoms. The highest BCUT2D eigenvalue weighted by molar-refractivity contribution is 5.78. The summed E-state index contributed by atoms with van der Waals surface area (Å²) in [4.78, 5) is 23.9. The lowest BCUT2D eigenvalue weighted by molar-refractivity contribution is -0.137. The molecule has 0 saturated heterocycles. The fourth-order valence-electron chi connectivity index (χ4n) is 2.52. The van der Waals surface area contributed by atoms with Crippen LogP contribution in [0, 0.1) is 6.92 Å². The summed E-state index contributed by atoms with van der Waals surface area (Å²) in [5, 5.41) is 2.61. The first-order chi connectivity index (χ1) is 12.2. The number of ether oxygens (including phenoxy) is 1. The smallest absolute Gasteiger partial charge is 0.416 e. The van der Waals surface area contributed by atoms with Crippen LogP contribution < -0.4 is 15.6 Å². The van der Waals surface area contributed by atoms with Gasteiger partial charge in [0.05, 0.1) is 19.1 Å². The Bertz CT molecular complexity index is 844. The van der Waals surface area contributed by atoms with Crippen LogP contribution in [0.1, 0.15) is 16.8 Å². The number of hydrogen-bond donors (Lipinski definition) is 1. The lowest BCUT2D eigenvalue weighted by Gasteiger charge is -2.12. The molecule has 2 aromatic rings. The monoisotopic (exact) mass is 368 g/mol. The topological polar surface area (TPSA) is 60.3 Å². The third kappa shape index (κ3) is 5.11. The number of nitrogens with zero attached hydrogens (tertiary/aromatic N) is 1. The van der Waals surface area contributed by atoms with E-state index in [4.69, 9.17) is 4.74 Å². The number of methoxy groups -OCH3 is 1. The van der Waals surface area contributed by atoms with Crippen LogP contribution in [0.15, 0.2) is 41.2 Å². The molecule has 1 heterocycles. The van der Waals surface area contributed by atoms with Gasteiger partial charge in [-0.2, -0.15) is 13.2 Å². The van der Waals surface area contributed by atoms with Crippen LogP contribution in [-0.2, 0) is 23.9 Å². The van der Waals surface area contributed by atoms with Gasteiger partial charge in [-0.3, -0.25) is 9.59 Å². The Morgan fingerprint density at radius 1 is 1.23 bits per heavy atom. The molecular weight excluding hydrogens is 349 g/mol. The Morgan fingerprint density at radius 3 is 2.58 bits per heavy atom. The van der Waals surface area contributed by atoms with E-state index in [0.717, 1.165) is 12.1 Å². The normalized spacial score (nSPS) is 11.3. The number of amides is 1. The first kappa shape index (κ1) is 19.6. The summed E-state index contributed by atoms with van der Waals surface area (Å²) in [6.07, 6.45) is -4.61. The number of rotatable bonds is 6. The van der Waals surface area contributed by atoms with Crippen molar-refractivity contribution in [3.63, 3.8) is 0 Å². The van der Waals surface area contributed by atoms with Crippen LogP contribution in [0.4, 0.5) is 13.2 Å². The van der Waals surface area contributed by atoms with Gasteiger partial charge >= 0.3 is 6.18 Å². The largest absolute Gasteiger partial charge is 0.496 e. The third-order valence-corrected chi connectivity index (χ3v) is 3.82. The number of halogens is 3. The van der Waals surface area contributed by atoms with E-state index in [-0.39, 0.29) is 30.6 Å². The number of carbonyl (C=O) groups excluding carboxylic acids is 1. The summed E-state index contributed by atoms with van der Waals surface area (Å²) in [6.45, 7) is 2.18. The first-order valence-corrected chi connectivity index (χ1v) is 7.89. The van der Waals surface area contributed by atoms with Gasteiger partial charge in [0, 0.05) is 24.8 Å². The van der Waals surface area contributed by atoms with Gasteiger partial charge in [0.15, 0.2) is 0 Å². The molecule has 0 radical (unpaired) electrons. The molecule has 0 unspecified atom stereocenters. The van der Waals surface area contributed by atoms with Gasteiger partial charge in [0.2, 0.25) is 5.91 Å². The van der Waals surface area contributed by atoms with E-state index in [0.29, 0.717) is 11.4 Å². The van der Waals surface area contributed by atoms with Crippen LogP contribution in [0.3, 0.4) is 0 Å². The fraction of sp³-hybridized carbons (Fsp3) is 0.333. The molecule has 5 nitrogen and oxygen atoms in total. The highest BCUT2D eigenvalue weighted by atomic mass is 19.4. The summed E-state index contributed by atoms with van der Waals surface area (Å²) in [5.41, 5.74) is -0.0891. The number of benzene rings is 1. The van der Waals surface area contributed by atoms with E-state index in [1.165, 1.54) is 29.9 Å². The molecule has 26 heavy (non-hydrogen) atoms. The Morgan fingerprint density at radius 2 is 1.96 bits per heavy atom. The molecule has 140 valence electrons. The maximum Gasteiger partial charge on any atom is 0.416 e. The standard InChI is InChI=1S/C18H19F3N2O3/c1-12-8-15(26-2)11-17(25)23(12)7-6-22-16(24)10-13-4-3-5-14(9-13)18(19,20)21/h3-5,8-9,11H,6-7,10H2,1-2H3,(H,22,24). The van der Waals surface area contributed by atoms with E-state index in [2.05, 4.69) is 5.32 Å². The van der Waals surface area contributed by atoms with Crippen molar-refractivity contribution in [2.45, 2.75) is 26.1 Å². The minimum Gasteiger partial charge on any atom is -0.496 e. The van der Waals surface area contributed by atoms with E-state index < -0.39 is 17.6 Å². The average Bonchev–Trinajstić information content (AvgIpc) is 2.56. The highest BCUT2D eigenvalue weighted by Gasteiger charge is 2.30. The zero-order valence-corrected chi connectivity index (χ0v) is 14.4. The van der Waals surface area contributed by atoms with Crippen LogP contribution in [0.2, 0.25) is 0 Å². The van der Waals surface area contributed by atoms with Gasteiger partial charge in [0.25, 0.3) is 5.56 Å². The van der Waals surface area contributed by atoms with Crippen molar-refractivity contribution >= 4 is 5.91 Å². The Hall–Kier alpha value is -2.77. The summed E-state index contributed by atoms with van der Waals surface area (Å²) in [5.74, 6) is 0.0425. The summed E-state index contributed by atoms with van der Waals surface area (Å²) in [6, 6.07) is 7.69. The van der Waals surface area contributed by atoms with Gasteiger partial charge in [-0.1, -0.05) is 18.2 Å². The van der Waals surface area contributed by atoms with Crippen molar-refractivity contribution in [2.24, 2.45) is 0 Å². The maximum atomic E-state index is 12.7. The van der Waals surface area contributed by atoms with E-state index >= 15 is 0 Å². The molecule has 0 atom stereocenters. The van der Waals surface area contributed by atoms with E-state index in [1.807, 2.05) is 0 Å². The molecule has 1 aromatic carbocycles. The minimum atomic E-state index is -4.44. The Balaban J connectivity index is 1.93. The minimum absolute atomic E-state index is 0.166.